The van der Waals surface area contributed by atoms with Crippen LogP contribution in [0.4, 0.5) is 0 Å². The number of amides is 1. The minimum absolute atomic E-state index is 0.0585. The van der Waals surface area contributed by atoms with Crippen molar-refractivity contribution in [2.24, 2.45) is 0 Å². The highest BCUT2D eigenvalue weighted by Gasteiger charge is 2.00. The molecule has 0 atom stereocenters. The third-order valence-corrected chi connectivity index (χ3v) is 2.44. The van der Waals surface area contributed by atoms with Gasteiger partial charge in [-0.3, -0.25) is 4.79 Å². The molecular weight excluding hydrogens is 266 g/mol. The molecule has 6 nitrogen and oxygen atoms in total. The van der Waals surface area contributed by atoms with E-state index in [-0.39, 0.29) is 5.91 Å². The Hall–Kier alpha value is -2.21. The zero-order valence-electron chi connectivity index (χ0n) is 10.2. The van der Waals surface area contributed by atoms with Crippen LogP contribution in [0.15, 0.2) is 30.6 Å². The van der Waals surface area contributed by atoms with Crippen molar-refractivity contribution in [3.05, 3.63) is 41.3 Å². The summed E-state index contributed by atoms with van der Waals surface area (Å²) in [6, 6.07) is 3.38. The molecule has 0 unspecified atom stereocenters. The second kappa shape index (κ2) is 6.10. The highest BCUT2D eigenvalue weighted by atomic mass is 35.5. The molecule has 0 radical (unpaired) electrons. The van der Waals surface area contributed by atoms with E-state index in [2.05, 4.69) is 20.6 Å². The second-order valence-electron chi connectivity index (χ2n) is 3.77. The van der Waals surface area contributed by atoms with Crippen molar-refractivity contribution in [2.45, 2.75) is 6.92 Å². The lowest BCUT2D eigenvalue weighted by atomic mass is 10.3. The topological polar surface area (TPSA) is 72.7 Å². The highest BCUT2D eigenvalue weighted by molar-refractivity contribution is 6.29. The third kappa shape index (κ3) is 3.89. The summed E-state index contributed by atoms with van der Waals surface area (Å²) < 4.78 is 1.60. The molecule has 0 saturated heterocycles. The van der Waals surface area contributed by atoms with Crippen LogP contribution in [0.5, 0.6) is 0 Å². The predicted molar refractivity (Wildman–Crippen MR) is 71.9 cm³/mol. The number of aromatic nitrogens is 4. The van der Waals surface area contributed by atoms with Gasteiger partial charge in [-0.15, -0.1) is 10.2 Å². The van der Waals surface area contributed by atoms with Crippen molar-refractivity contribution in [1.82, 2.24) is 25.3 Å². The van der Waals surface area contributed by atoms with Gasteiger partial charge in [0.2, 0.25) is 5.91 Å². The summed E-state index contributed by atoms with van der Waals surface area (Å²) in [4.78, 5) is 10.7. The number of halogens is 1. The molecule has 0 aliphatic carbocycles. The summed E-state index contributed by atoms with van der Waals surface area (Å²) in [5, 5.41) is 14.8. The van der Waals surface area contributed by atoms with Crippen molar-refractivity contribution >= 4 is 23.6 Å². The fourth-order valence-corrected chi connectivity index (χ4v) is 1.48. The first-order valence-electron chi connectivity index (χ1n) is 5.60. The van der Waals surface area contributed by atoms with E-state index in [1.165, 1.54) is 6.92 Å². The van der Waals surface area contributed by atoms with E-state index in [0.29, 0.717) is 17.5 Å². The van der Waals surface area contributed by atoms with Gasteiger partial charge in [0.05, 0.1) is 6.20 Å². The summed E-state index contributed by atoms with van der Waals surface area (Å²) in [5.74, 6) is 0.530. The van der Waals surface area contributed by atoms with Gasteiger partial charge in [0, 0.05) is 25.2 Å². The molecule has 0 aromatic carbocycles. The van der Waals surface area contributed by atoms with Gasteiger partial charge in [-0.25, -0.2) is 4.68 Å². The van der Waals surface area contributed by atoms with E-state index in [1.807, 2.05) is 18.3 Å². The van der Waals surface area contributed by atoms with E-state index < -0.39 is 0 Å². The Morgan fingerprint density at radius 2 is 2.32 bits per heavy atom. The molecule has 0 spiro atoms. The zero-order chi connectivity index (χ0) is 13.7. The van der Waals surface area contributed by atoms with E-state index in [9.17, 15) is 4.79 Å². The smallest absolute Gasteiger partial charge is 0.217 e. The standard InChI is InChI=1S/C12H12ClN5O/c1-9(19)14-6-2-3-10-7-15-18(8-10)12-5-4-11(13)16-17-12/h2-5,7-8H,6H2,1H3,(H,14,19). The maximum atomic E-state index is 10.7. The van der Waals surface area contributed by atoms with Crippen molar-refractivity contribution in [1.29, 1.82) is 0 Å². The first-order chi connectivity index (χ1) is 9.15. The number of hydrogen-bond donors (Lipinski definition) is 1. The van der Waals surface area contributed by atoms with Gasteiger partial charge in [0.25, 0.3) is 0 Å². The van der Waals surface area contributed by atoms with Crippen LogP contribution in [-0.4, -0.2) is 32.4 Å². The Kier molecular flexibility index (Phi) is 4.25. The monoisotopic (exact) mass is 277 g/mol. The molecule has 98 valence electrons. The summed E-state index contributed by atoms with van der Waals surface area (Å²) in [5.41, 5.74) is 0.905. The second-order valence-corrected chi connectivity index (χ2v) is 4.16. The first kappa shape index (κ1) is 13.2. The van der Waals surface area contributed by atoms with Gasteiger partial charge in [-0.1, -0.05) is 23.8 Å². The lowest BCUT2D eigenvalue weighted by Gasteiger charge is -1.97. The van der Waals surface area contributed by atoms with Crippen LogP contribution in [0, 0.1) is 0 Å². The Labute approximate surface area is 115 Å². The number of carbonyl (C=O) groups excluding carboxylic acids is 1. The molecule has 0 aliphatic heterocycles. The number of rotatable bonds is 4. The van der Waals surface area contributed by atoms with Gasteiger partial charge < -0.3 is 5.32 Å². The molecular formula is C12H12ClN5O. The molecule has 0 saturated carbocycles. The van der Waals surface area contributed by atoms with Gasteiger partial charge in [0.1, 0.15) is 0 Å². The summed E-state index contributed by atoms with van der Waals surface area (Å²) in [6.45, 7) is 1.96. The van der Waals surface area contributed by atoms with E-state index in [0.717, 1.165) is 5.56 Å². The molecule has 1 amide bonds. The zero-order valence-corrected chi connectivity index (χ0v) is 11.0. The van der Waals surface area contributed by atoms with Crippen LogP contribution in [0.25, 0.3) is 11.9 Å². The first-order valence-corrected chi connectivity index (χ1v) is 5.98. The molecule has 1 N–H and O–H groups in total. The molecule has 2 heterocycles. The van der Waals surface area contributed by atoms with Crippen LogP contribution in [-0.2, 0) is 4.79 Å². The Balaban J connectivity index is 2.02. The summed E-state index contributed by atoms with van der Waals surface area (Å²) in [6.07, 6.45) is 7.21. The summed E-state index contributed by atoms with van der Waals surface area (Å²) >= 11 is 5.67. The Morgan fingerprint density at radius 1 is 1.47 bits per heavy atom. The van der Waals surface area contributed by atoms with Crippen LogP contribution in [0.2, 0.25) is 5.15 Å². The SMILES string of the molecule is CC(=O)NCC=Cc1cnn(-c2ccc(Cl)nn2)c1. The average Bonchev–Trinajstić information content (AvgIpc) is 2.84. The minimum atomic E-state index is -0.0585. The fraction of sp³-hybridized carbons (Fsp3) is 0.167. The molecule has 0 aliphatic rings. The maximum absolute atomic E-state index is 10.7. The van der Waals surface area contributed by atoms with Crippen molar-refractivity contribution in [3.8, 4) is 5.82 Å². The van der Waals surface area contributed by atoms with Crippen LogP contribution < -0.4 is 5.32 Å². The van der Waals surface area contributed by atoms with E-state index >= 15 is 0 Å². The van der Waals surface area contributed by atoms with E-state index in [4.69, 9.17) is 11.6 Å². The number of nitrogens with zero attached hydrogens (tertiary/aromatic N) is 4. The molecule has 0 fully saturated rings. The van der Waals surface area contributed by atoms with Crippen molar-refractivity contribution in [2.75, 3.05) is 6.54 Å². The normalized spacial score (nSPS) is 10.8. The maximum Gasteiger partial charge on any atom is 0.217 e. The van der Waals surface area contributed by atoms with Crippen LogP contribution in [0.3, 0.4) is 0 Å². The molecule has 7 heteroatoms. The summed E-state index contributed by atoms with van der Waals surface area (Å²) in [7, 11) is 0. The van der Waals surface area contributed by atoms with Crippen molar-refractivity contribution < 1.29 is 4.79 Å². The molecule has 19 heavy (non-hydrogen) atoms. The third-order valence-electron chi connectivity index (χ3n) is 2.23. The minimum Gasteiger partial charge on any atom is -0.353 e. The Bertz CT molecular complexity index is 590. The van der Waals surface area contributed by atoms with Crippen LogP contribution in [0.1, 0.15) is 12.5 Å². The Morgan fingerprint density at radius 3 is 3.00 bits per heavy atom. The van der Waals surface area contributed by atoms with Gasteiger partial charge in [-0.05, 0) is 12.1 Å². The largest absolute Gasteiger partial charge is 0.353 e. The number of hydrogen-bond acceptors (Lipinski definition) is 4. The molecule has 2 aromatic rings. The van der Waals surface area contributed by atoms with E-state index in [1.54, 1.807) is 23.0 Å². The van der Waals surface area contributed by atoms with Gasteiger partial charge in [-0.2, -0.15) is 5.10 Å². The number of carbonyl (C=O) groups is 1. The highest BCUT2D eigenvalue weighted by Crippen LogP contribution is 2.08. The quantitative estimate of drug-likeness (QED) is 0.918. The van der Waals surface area contributed by atoms with Gasteiger partial charge in [0.15, 0.2) is 11.0 Å². The molecule has 2 aromatic heterocycles. The predicted octanol–water partition coefficient (Wildman–Crippen LogP) is 1.46. The fourth-order valence-electron chi connectivity index (χ4n) is 1.38. The molecule has 0 bridgehead atoms. The van der Waals surface area contributed by atoms with Gasteiger partial charge >= 0.3 is 0 Å². The van der Waals surface area contributed by atoms with Crippen LogP contribution >= 0.6 is 11.6 Å². The lowest BCUT2D eigenvalue weighted by molar-refractivity contribution is -0.118. The lowest BCUT2D eigenvalue weighted by Crippen LogP contribution is -2.19. The average molecular weight is 278 g/mol. The molecule has 2 rings (SSSR count). The number of nitrogens with one attached hydrogen (secondary N) is 1. The van der Waals surface area contributed by atoms with Crippen molar-refractivity contribution in [3.63, 3.8) is 0 Å².